The maximum absolute atomic E-state index is 15.3. The number of halogens is 2. The number of carbonyl (C=O) groups is 1. The standard InChI is InChI=1S/C16H23BrFN5O/c1-4-23-13(14(17)12(10-19)21-23)9-16(18)5-7-22(8-6-16)15(24)20-11(2)3/h11H,4-9H2,1-3H3,(H,20,24). The van der Waals surface area contributed by atoms with Crippen LogP contribution in [-0.4, -0.2) is 45.5 Å². The SMILES string of the molecule is CCn1nc(C#N)c(Br)c1CC1(F)CCN(C(=O)NC(C)C)CC1. The van der Waals surface area contributed by atoms with E-state index in [1.165, 1.54) is 0 Å². The maximum atomic E-state index is 15.3. The van der Waals surface area contributed by atoms with Crippen molar-refractivity contribution in [2.75, 3.05) is 13.1 Å². The number of nitrogens with zero attached hydrogens (tertiary/aromatic N) is 4. The first-order valence-corrected chi connectivity index (χ1v) is 8.98. The molecule has 0 radical (unpaired) electrons. The number of hydrogen-bond acceptors (Lipinski definition) is 3. The fourth-order valence-corrected chi connectivity index (χ4v) is 3.42. The van der Waals surface area contributed by atoms with Crippen LogP contribution in [0.25, 0.3) is 0 Å². The van der Waals surface area contributed by atoms with Crippen molar-refractivity contribution in [2.24, 2.45) is 0 Å². The Morgan fingerprint density at radius 2 is 2.12 bits per heavy atom. The van der Waals surface area contributed by atoms with Crippen LogP contribution in [0.1, 0.15) is 45.0 Å². The van der Waals surface area contributed by atoms with Gasteiger partial charge in [-0.15, -0.1) is 0 Å². The Labute approximate surface area is 150 Å². The summed E-state index contributed by atoms with van der Waals surface area (Å²) in [5.41, 5.74) is -0.405. The topological polar surface area (TPSA) is 74.0 Å². The fraction of sp³-hybridized carbons (Fsp3) is 0.688. The summed E-state index contributed by atoms with van der Waals surface area (Å²) in [5, 5.41) is 16.1. The van der Waals surface area contributed by atoms with Gasteiger partial charge in [-0.3, -0.25) is 4.68 Å². The molecule has 1 N–H and O–H groups in total. The monoisotopic (exact) mass is 399 g/mol. The second kappa shape index (κ2) is 7.51. The lowest BCUT2D eigenvalue weighted by molar-refractivity contribution is 0.0690. The number of aromatic nitrogens is 2. The van der Waals surface area contributed by atoms with Gasteiger partial charge >= 0.3 is 6.03 Å². The van der Waals surface area contributed by atoms with Crippen LogP contribution < -0.4 is 5.32 Å². The average molecular weight is 400 g/mol. The Hall–Kier alpha value is -1.62. The molecule has 2 rings (SSSR count). The quantitative estimate of drug-likeness (QED) is 0.845. The minimum absolute atomic E-state index is 0.0637. The molecule has 8 heteroatoms. The van der Waals surface area contributed by atoms with Crippen LogP contribution in [0.5, 0.6) is 0 Å². The minimum Gasteiger partial charge on any atom is -0.336 e. The first-order valence-electron chi connectivity index (χ1n) is 8.19. The van der Waals surface area contributed by atoms with Gasteiger partial charge in [0.1, 0.15) is 11.7 Å². The molecule has 6 nitrogen and oxygen atoms in total. The minimum atomic E-state index is -1.39. The van der Waals surface area contributed by atoms with E-state index in [9.17, 15) is 4.79 Å². The van der Waals surface area contributed by atoms with Crippen LogP contribution in [-0.2, 0) is 13.0 Å². The maximum Gasteiger partial charge on any atom is 0.317 e. The molecule has 2 amide bonds. The molecular formula is C16H23BrFN5O. The number of rotatable bonds is 4. The van der Waals surface area contributed by atoms with E-state index in [0.29, 0.717) is 29.8 Å². The highest BCUT2D eigenvalue weighted by atomic mass is 79.9. The van der Waals surface area contributed by atoms with Crippen LogP contribution in [0.3, 0.4) is 0 Å². The third-order valence-electron chi connectivity index (χ3n) is 4.24. The summed E-state index contributed by atoms with van der Waals surface area (Å²) in [4.78, 5) is 13.7. The van der Waals surface area contributed by atoms with E-state index in [0.717, 1.165) is 0 Å². The first kappa shape index (κ1) is 18.7. The fourth-order valence-electron chi connectivity index (χ4n) is 2.90. The van der Waals surface area contributed by atoms with Crippen LogP contribution in [0.4, 0.5) is 9.18 Å². The normalized spacial score (nSPS) is 17.0. The number of carbonyl (C=O) groups excluding carboxylic acids is 1. The van der Waals surface area contributed by atoms with Gasteiger partial charge in [0.2, 0.25) is 0 Å². The van der Waals surface area contributed by atoms with Crippen LogP contribution >= 0.6 is 15.9 Å². The zero-order valence-corrected chi connectivity index (χ0v) is 15.9. The van der Waals surface area contributed by atoms with Gasteiger partial charge in [0.25, 0.3) is 0 Å². The van der Waals surface area contributed by atoms with Gasteiger partial charge in [-0.2, -0.15) is 10.4 Å². The van der Waals surface area contributed by atoms with Gasteiger partial charge in [-0.25, -0.2) is 9.18 Å². The van der Waals surface area contributed by atoms with Crippen molar-refractivity contribution in [2.45, 2.75) is 58.3 Å². The van der Waals surface area contributed by atoms with Crippen molar-refractivity contribution in [3.8, 4) is 6.07 Å². The Morgan fingerprint density at radius 3 is 2.62 bits per heavy atom. The second-order valence-electron chi connectivity index (χ2n) is 6.46. The molecule has 0 bridgehead atoms. The smallest absolute Gasteiger partial charge is 0.317 e. The Bertz CT molecular complexity index is 644. The molecule has 1 fully saturated rings. The molecule has 1 saturated heterocycles. The zero-order valence-electron chi connectivity index (χ0n) is 14.3. The summed E-state index contributed by atoms with van der Waals surface area (Å²) < 4.78 is 17.5. The Kier molecular flexibility index (Phi) is 5.86. The summed E-state index contributed by atoms with van der Waals surface area (Å²) in [6, 6.07) is 1.94. The van der Waals surface area contributed by atoms with Crippen LogP contribution in [0.2, 0.25) is 0 Å². The highest BCUT2D eigenvalue weighted by Crippen LogP contribution is 2.33. The van der Waals surface area contributed by atoms with Crippen LogP contribution in [0, 0.1) is 11.3 Å². The molecule has 2 heterocycles. The van der Waals surface area contributed by atoms with Crippen LogP contribution in [0.15, 0.2) is 4.47 Å². The predicted molar refractivity (Wildman–Crippen MR) is 92.3 cm³/mol. The van der Waals surface area contributed by atoms with Crippen molar-refractivity contribution in [3.05, 3.63) is 15.9 Å². The number of nitriles is 1. The highest BCUT2D eigenvalue weighted by molar-refractivity contribution is 9.10. The van der Waals surface area contributed by atoms with E-state index < -0.39 is 5.67 Å². The van der Waals surface area contributed by atoms with E-state index in [-0.39, 0.29) is 37.0 Å². The summed E-state index contributed by atoms with van der Waals surface area (Å²) >= 11 is 3.37. The number of aryl methyl sites for hydroxylation is 1. The number of alkyl halides is 1. The second-order valence-corrected chi connectivity index (χ2v) is 7.25. The van der Waals surface area contributed by atoms with E-state index in [1.54, 1.807) is 9.58 Å². The summed E-state index contributed by atoms with van der Waals surface area (Å²) in [6.45, 7) is 7.06. The average Bonchev–Trinajstić information content (AvgIpc) is 2.82. The number of hydrogen-bond donors (Lipinski definition) is 1. The number of piperidine rings is 1. The molecule has 24 heavy (non-hydrogen) atoms. The van der Waals surface area contributed by atoms with Crippen molar-refractivity contribution in [1.29, 1.82) is 5.26 Å². The molecule has 132 valence electrons. The molecule has 0 unspecified atom stereocenters. The molecule has 1 aliphatic heterocycles. The number of urea groups is 1. The summed E-state index contributed by atoms with van der Waals surface area (Å²) in [7, 11) is 0. The van der Waals surface area contributed by atoms with E-state index in [2.05, 4.69) is 26.3 Å². The van der Waals surface area contributed by atoms with Gasteiger partial charge in [-0.05, 0) is 49.5 Å². The molecule has 1 aromatic heterocycles. The number of amides is 2. The lowest BCUT2D eigenvalue weighted by atomic mass is 9.88. The molecule has 0 atom stereocenters. The van der Waals surface area contributed by atoms with Crippen molar-refractivity contribution < 1.29 is 9.18 Å². The van der Waals surface area contributed by atoms with Crippen molar-refractivity contribution >= 4 is 22.0 Å². The predicted octanol–water partition coefficient (Wildman–Crippen LogP) is 3.00. The number of nitrogens with one attached hydrogen (secondary N) is 1. The largest absolute Gasteiger partial charge is 0.336 e. The third-order valence-corrected chi connectivity index (χ3v) is 5.08. The lowest BCUT2D eigenvalue weighted by Crippen LogP contribution is -2.50. The van der Waals surface area contributed by atoms with E-state index in [1.807, 2.05) is 26.8 Å². The first-order chi connectivity index (χ1) is 11.3. The molecular weight excluding hydrogens is 377 g/mol. The third kappa shape index (κ3) is 4.07. The van der Waals surface area contributed by atoms with E-state index >= 15 is 4.39 Å². The zero-order chi connectivity index (χ0) is 17.9. The van der Waals surface area contributed by atoms with Gasteiger partial charge in [0.15, 0.2) is 5.69 Å². The molecule has 0 saturated carbocycles. The Balaban J connectivity index is 2.06. The summed E-state index contributed by atoms with van der Waals surface area (Å²) in [5.74, 6) is 0. The van der Waals surface area contributed by atoms with Gasteiger partial charge in [-0.1, -0.05) is 0 Å². The molecule has 0 aliphatic carbocycles. The molecule has 0 spiro atoms. The Morgan fingerprint density at radius 1 is 1.50 bits per heavy atom. The van der Waals surface area contributed by atoms with Crippen molar-refractivity contribution in [1.82, 2.24) is 20.0 Å². The molecule has 0 aromatic carbocycles. The molecule has 1 aromatic rings. The summed E-state index contributed by atoms with van der Waals surface area (Å²) in [6.07, 6.45) is 0.749. The van der Waals surface area contributed by atoms with Crippen molar-refractivity contribution in [3.63, 3.8) is 0 Å². The highest BCUT2D eigenvalue weighted by Gasteiger charge is 2.38. The van der Waals surface area contributed by atoms with E-state index in [4.69, 9.17) is 5.26 Å². The molecule has 1 aliphatic rings. The van der Waals surface area contributed by atoms with Gasteiger partial charge in [0, 0.05) is 32.1 Å². The van der Waals surface area contributed by atoms with Gasteiger partial charge in [0.05, 0.1) is 10.2 Å². The van der Waals surface area contributed by atoms with Gasteiger partial charge < -0.3 is 10.2 Å². The lowest BCUT2D eigenvalue weighted by Gasteiger charge is -2.36. The number of likely N-dealkylation sites (tertiary alicyclic amines) is 1.